The predicted octanol–water partition coefficient (Wildman–Crippen LogP) is 1.24. The molecule has 0 unspecified atom stereocenters. The summed E-state index contributed by atoms with van der Waals surface area (Å²) in [5.74, 6) is 0.200. The Bertz CT molecular complexity index is 401. The predicted molar refractivity (Wildman–Crippen MR) is 64.2 cm³/mol. The molecular weight excluding hydrogens is 200 g/mol. The summed E-state index contributed by atoms with van der Waals surface area (Å²) in [4.78, 5) is 13.6. The van der Waals surface area contributed by atoms with E-state index in [9.17, 15) is 4.79 Å². The quantitative estimate of drug-likeness (QED) is 0.810. The lowest BCUT2D eigenvalue weighted by Gasteiger charge is -2.28. The van der Waals surface area contributed by atoms with Crippen molar-refractivity contribution in [2.24, 2.45) is 0 Å². The van der Waals surface area contributed by atoms with E-state index in [2.05, 4.69) is 37.4 Å². The Kier molecular flexibility index (Phi) is 3.25. The van der Waals surface area contributed by atoms with Crippen LogP contribution in [-0.2, 0) is 11.3 Å². The van der Waals surface area contributed by atoms with Crippen LogP contribution >= 0.6 is 0 Å². The summed E-state index contributed by atoms with van der Waals surface area (Å²) < 4.78 is 0. The summed E-state index contributed by atoms with van der Waals surface area (Å²) in [5, 5.41) is 3.08. The minimum Gasteiger partial charge on any atom is -0.336 e. The van der Waals surface area contributed by atoms with Crippen LogP contribution in [0.1, 0.15) is 16.7 Å². The van der Waals surface area contributed by atoms with Gasteiger partial charge in [0.25, 0.3) is 0 Å². The molecule has 16 heavy (non-hydrogen) atoms. The molecule has 1 aromatic carbocycles. The molecule has 1 N–H and O–H groups in total. The van der Waals surface area contributed by atoms with Gasteiger partial charge in [-0.25, -0.2) is 0 Å². The van der Waals surface area contributed by atoms with Crippen molar-refractivity contribution in [3.05, 3.63) is 34.9 Å². The van der Waals surface area contributed by atoms with Crippen LogP contribution in [0.2, 0.25) is 0 Å². The van der Waals surface area contributed by atoms with Crippen LogP contribution in [0.3, 0.4) is 0 Å². The van der Waals surface area contributed by atoms with Gasteiger partial charge in [-0.05, 0) is 25.0 Å². The van der Waals surface area contributed by atoms with Gasteiger partial charge in [-0.3, -0.25) is 4.79 Å². The maximum Gasteiger partial charge on any atom is 0.236 e. The molecule has 2 rings (SSSR count). The van der Waals surface area contributed by atoms with Gasteiger partial charge in [0, 0.05) is 19.6 Å². The second-order valence-corrected chi connectivity index (χ2v) is 4.42. The Hall–Kier alpha value is -1.35. The van der Waals surface area contributed by atoms with Gasteiger partial charge in [-0.2, -0.15) is 0 Å². The zero-order valence-corrected chi connectivity index (χ0v) is 9.92. The van der Waals surface area contributed by atoms with Crippen molar-refractivity contribution in [2.75, 3.05) is 19.6 Å². The van der Waals surface area contributed by atoms with E-state index in [4.69, 9.17) is 0 Å². The first-order valence-corrected chi connectivity index (χ1v) is 5.71. The maximum absolute atomic E-state index is 11.6. The molecule has 1 saturated heterocycles. The molecule has 1 heterocycles. The largest absolute Gasteiger partial charge is 0.336 e. The van der Waals surface area contributed by atoms with E-state index in [1.54, 1.807) is 0 Å². The number of nitrogens with one attached hydrogen (secondary N) is 1. The minimum atomic E-state index is 0.200. The second kappa shape index (κ2) is 4.66. The van der Waals surface area contributed by atoms with Crippen LogP contribution in [-0.4, -0.2) is 30.4 Å². The fraction of sp³-hybridized carbons (Fsp3) is 0.462. The topological polar surface area (TPSA) is 32.3 Å². The van der Waals surface area contributed by atoms with Crippen LogP contribution in [0, 0.1) is 13.8 Å². The number of aryl methyl sites for hydroxylation is 2. The van der Waals surface area contributed by atoms with Gasteiger partial charge >= 0.3 is 0 Å². The Balaban J connectivity index is 2.10. The molecule has 3 nitrogen and oxygen atoms in total. The first-order valence-electron chi connectivity index (χ1n) is 5.71. The molecule has 3 heteroatoms. The molecule has 86 valence electrons. The van der Waals surface area contributed by atoms with E-state index in [1.165, 1.54) is 16.7 Å². The SMILES string of the molecule is Cc1ccc(CN2CCNCC2=O)c(C)c1. The molecule has 0 spiro atoms. The van der Waals surface area contributed by atoms with Crippen molar-refractivity contribution in [3.63, 3.8) is 0 Å². The van der Waals surface area contributed by atoms with E-state index in [1.807, 2.05) is 4.90 Å². The highest BCUT2D eigenvalue weighted by Crippen LogP contribution is 2.13. The summed E-state index contributed by atoms with van der Waals surface area (Å²) >= 11 is 0. The average Bonchev–Trinajstić information content (AvgIpc) is 2.25. The third-order valence-electron chi connectivity index (χ3n) is 3.05. The monoisotopic (exact) mass is 218 g/mol. The summed E-state index contributed by atoms with van der Waals surface area (Å²) in [6, 6.07) is 6.40. The Morgan fingerprint density at radius 3 is 2.88 bits per heavy atom. The zero-order chi connectivity index (χ0) is 11.5. The summed E-state index contributed by atoms with van der Waals surface area (Å²) in [6.45, 7) is 7.13. The van der Waals surface area contributed by atoms with Gasteiger partial charge in [-0.1, -0.05) is 23.8 Å². The molecule has 1 amide bonds. The van der Waals surface area contributed by atoms with Gasteiger partial charge in [-0.15, -0.1) is 0 Å². The number of hydrogen-bond donors (Lipinski definition) is 1. The van der Waals surface area contributed by atoms with Gasteiger partial charge < -0.3 is 10.2 Å². The van der Waals surface area contributed by atoms with Gasteiger partial charge in [0.05, 0.1) is 6.54 Å². The molecule has 0 aliphatic carbocycles. The van der Waals surface area contributed by atoms with Crippen molar-refractivity contribution in [3.8, 4) is 0 Å². The van der Waals surface area contributed by atoms with E-state index < -0.39 is 0 Å². The lowest BCUT2D eigenvalue weighted by atomic mass is 10.1. The molecule has 1 fully saturated rings. The maximum atomic E-state index is 11.6. The van der Waals surface area contributed by atoms with Crippen molar-refractivity contribution in [2.45, 2.75) is 20.4 Å². The van der Waals surface area contributed by atoms with E-state index in [-0.39, 0.29) is 5.91 Å². The molecule has 1 aliphatic rings. The van der Waals surface area contributed by atoms with Crippen LogP contribution in [0.5, 0.6) is 0 Å². The smallest absolute Gasteiger partial charge is 0.236 e. The van der Waals surface area contributed by atoms with Gasteiger partial charge in [0.1, 0.15) is 0 Å². The number of amides is 1. The van der Waals surface area contributed by atoms with Gasteiger partial charge in [0.15, 0.2) is 0 Å². The third-order valence-corrected chi connectivity index (χ3v) is 3.05. The van der Waals surface area contributed by atoms with Crippen molar-refractivity contribution >= 4 is 5.91 Å². The third kappa shape index (κ3) is 2.42. The lowest BCUT2D eigenvalue weighted by molar-refractivity contribution is -0.132. The van der Waals surface area contributed by atoms with E-state index in [0.717, 1.165) is 19.6 Å². The number of carbonyl (C=O) groups excluding carboxylic acids is 1. The number of benzene rings is 1. The van der Waals surface area contributed by atoms with E-state index in [0.29, 0.717) is 6.54 Å². The summed E-state index contributed by atoms with van der Waals surface area (Å²) in [6.07, 6.45) is 0. The molecule has 0 saturated carbocycles. The number of hydrogen-bond acceptors (Lipinski definition) is 2. The average molecular weight is 218 g/mol. The molecule has 0 atom stereocenters. The highest BCUT2D eigenvalue weighted by atomic mass is 16.2. The number of piperazine rings is 1. The normalized spacial score (nSPS) is 16.6. The summed E-state index contributed by atoms with van der Waals surface area (Å²) in [7, 11) is 0. The number of nitrogens with zero attached hydrogens (tertiary/aromatic N) is 1. The Morgan fingerprint density at radius 2 is 2.19 bits per heavy atom. The molecule has 0 radical (unpaired) electrons. The van der Waals surface area contributed by atoms with Crippen LogP contribution in [0.25, 0.3) is 0 Å². The van der Waals surface area contributed by atoms with Crippen molar-refractivity contribution in [1.29, 1.82) is 0 Å². The zero-order valence-electron chi connectivity index (χ0n) is 9.92. The first-order chi connectivity index (χ1) is 7.66. The fourth-order valence-electron chi connectivity index (χ4n) is 2.04. The van der Waals surface area contributed by atoms with Crippen LogP contribution in [0.15, 0.2) is 18.2 Å². The number of rotatable bonds is 2. The standard InChI is InChI=1S/C13H18N2O/c1-10-3-4-12(11(2)7-10)9-15-6-5-14-8-13(15)16/h3-4,7,14H,5-6,8-9H2,1-2H3. The highest BCUT2D eigenvalue weighted by Gasteiger charge is 2.17. The number of carbonyl (C=O) groups is 1. The molecule has 0 aromatic heterocycles. The van der Waals surface area contributed by atoms with Gasteiger partial charge in [0.2, 0.25) is 5.91 Å². The van der Waals surface area contributed by atoms with Crippen molar-refractivity contribution in [1.82, 2.24) is 10.2 Å². The first kappa shape index (κ1) is 11.1. The summed E-state index contributed by atoms with van der Waals surface area (Å²) in [5.41, 5.74) is 3.79. The fourth-order valence-corrected chi connectivity index (χ4v) is 2.04. The molecule has 1 aliphatic heterocycles. The highest BCUT2D eigenvalue weighted by molar-refractivity contribution is 5.79. The Morgan fingerprint density at radius 1 is 1.38 bits per heavy atom. The van der Waals surface area contributed by atoms with E-state index >= 15 is 0 Å². The molecule has 1 aromatic rings. The Labute approximate surface area is 96.5 Å². The van der Waals surface area contributed by atoms with Crippen LogP contribution in [0.4, 0.5) is 0 Å². The lowest BCUT2D eigenvalue weighted by Crippen LogP contribution is -2.47. The minimum absolute atomic E-state index is 0.200. The van der Waals surface area contributed by atoms with Crippen LogP contribution < -0.4 is 5.32 Å². The molecule has 0 bridgehead atoms. The second-order valence-electron chi connectivity index (χ2n) is 4.42. The molecular formula is C13H18N2O. The van der Waals surface area contributed by atoms with Crippen molar-refractivity contribution < 1.29 is 4.79 Å².